The second kappa shape index (κ2) is 4.14. The summed E-state index contributed by atoms with van der Waals surface area (Å²) in [5.41, 5.74) is -0.553. The quantitative estimate of drug-likeness (QED) is 0.668. The van der Waals surface area contributed by atoms with E-state index in [9.17, 15) is 9.90 Å². The summed E-state index contributed by atoms with van der Waals surface area (Å²) < 4.78 is 0. The fraction of sp³-hybridized carbons (Fsp3) is 0.800. The molecular weight excluding hydrogens is 212 g/mol. The van der Waals surface area contributed by atoms with E-state index >= 15 is 0 Å². The molecule has 2 aliphatic heterocycles. The van der Waals surface area contributed by atoms with Crippen molar-refractivity contribution in [2.24, 2.45) is 4.99 Å². The number of carbonyl (C=O) groups is 1. The minimum atomic E-state index is -0.553. The first-order valence-electron chi connectivity index (χ1n) is 5.28. The second-order valence-electron chi connectivity index (χ2n) is 4.41. The average Bonchev–Trinajstić information content (AvgIpc) is 2.49. The van der Waals surface area contributed by atoms with Gasteiger partial charge in [0.25, 0.3) is 5.91 Å². The maximum Gasteiger partial charge on any atom is 0.258 e. The number of carbonyl (C=O) groups excluding carboxylic acids is 1. The van der Waals surface area contributed by atoms with Crippen LogP contribution in [0.5, 0.6) is 0 Å². The monoisotopic (exact) mass is 228 g/mol. The lowest BCUT2D eigenvalue weighted by molar-refractivity contribution is -0.115. The van der Waals surface area contributed by atoms with Crippen molar-refractivity contribution in [3.05, 3.63) is 0 Å². The third-order valence-corrected chi connectivity index (χ3v) is 3.88. The summed E-state index contributed by atoms with van der Waals surface area (Å²) in [5, 5.41) is 10.8. The van der Waals surface area contributed by atoms with Crippen molar-refractivity contribution in [3.8, 4) is 0 Å². The molecule has 0 radical (unpaired) electrons. The predicted octanol–water partition coefficient (Wildman–Crippen LogP) is 0.853. The van der Waals surface area contributed by atoms with Crippen LogP contribution in [0.15, 0.2) is 4.99 Å². The molecule has 0 aliphatic carbocycles. The molecule has 1 N–H and O–H groups in total. The van der Waals surface area contributed by atoms with E-state index in [0.29, 0.717) is 5.75 Å². The predicted molar refractivity (Wildman–Crippen MR) is 60.9 cm³/mol. The van der Waals surface area contributed by atoms with Gasteiger partial charge in [0.2, 0.25) is 0 Å². The molecule has 2 rings (SSSR count). The highest BCUT2D eigenvalue weighted by molar-refractivity contribution is 8.14. The van der Waals surface area contributed by atoms with Gasteiger partial charge in [0.1, 0.15) is 0 Å². The number of hydrogen-bond donors (Lipinski definition) is 1. The van der Waals surface area contributed by atoms with Crippen LogP contribution in [0.25, 0.3) is 0 Å². The minimum absolute atomic E-state index is 0.0361. The number of rotatable bonds is 0. The first kappa shape index (κ1) is 11.0. The Labute approximate surface area is 93.7 Å². The van der Waals surface area contributed by atoms with Crippen LogP contribution >= 0.6 is 11.8 Å². The van der Waals surface area contributed by atoms with Crippen LogP contribution in [0.3, 0.4) is 0 Å². The molecule has 0 bridgehead atoms. The molecule has 2 aliphatic rings. The zero-order valence-electron chi connectivity index (χ0n) is 8.90. The first-order valence-corrected chi connectivity index (χ1v) is 6.27. The Morgan fingerprint density at radius 2 is 2.27 bits per heavy atom. The number of aliphatic hydroxyl groups is 1. The van der Waals surface area contributed by atoms with E-state index in [1.807, 2.05) is 6.92 Å². The summed E-state index contributed by atoms with van der Waals surface area (Å²) in [6.45, 7) is 3.58. The van der Waals surface area contributed by atoms with Crippen molar-refractivity contribution < 1.29 is 9.90 Å². The van der Waals surface area contributed by atoms with Crippen molar-refractivity contribution in [2.45, 2.75) is 31.8 Å². The number of aliphatic imine (C=N–C) groups is 1. The van der Waals surface area contributed by atoms with Crippen LogP contribution in [-0.2, 0) is 4.79 Å². The van der Waals surface area contributed by atoms with Gasteiger partial charge >= 0.3 is 0 Å². The lowest BCUT2D eigenvalue weighted by Crippen LogP contribution is -2.31. The average molecular weight is 228 g/mol. The molecule has 1 amide bonds. The summed E-state index contributed by atoms with van der Waals surface area (Å²) in [5.74, 6) is 0.438. The van der Waals surface area contributed by atoms with E-state index in [0.717, 1.165) is 37.5 Å². The molecule has 1 atom stereocenters. The number of nitrogens with zero attached hydrogens (tertiary/aromatic N) is 2. The van der Waals surface area contributed by atoms with Crippen molar-refractivity contribution in [1.29, 1.82) is 0 Å². The molecule has 0 aromatic heterocycles. The van der Waals surface area contributed by atoms with Gasteiger partial charge in [-0.15, -0.1) is 0 Å². The van der Waals surface area contributed by atoms with Gasteiger partial charge < -0.3 is 10.0 Å². The minimum Gasteiger partial charge on any atom is -0.390 e. The van der Waals surface area contributed by atoms with Crippen LogP contribution in [0.4, 0.5) is 0 Å². The molecule has 1 saturated heterocycles. The maximum atomic E-state index is 11.0. The molecule has 1 fully saturated rings. The van der Waals surface area contributed by atoms with E-state index < -0.39 is 5.60 Å². The topological polar surface area (TPSA) is 52.9 Å². The highest BCUT2D eigenvalue weighted by Gasteiger charge is 2.28. The van der Waals surface area contributed by atoms with Gasteiger partial charge in [-0.2, -0.15) is 4.99 Å². The number of amides is 1. The molecule has 0 spiro atoms. The van der Waals surface area contributed by atoms with Gasteiger partial charge in [0, 0.05) is 13.1 Å². The molecule has 0 saturated carbocycles. The fourth-order valence-corrected chi connectivity index (χ4v) is 2.76. The van der Waals surface area contributed by atoms with Crippen LogP contribution in [0.1, 0.15) is 26.2 Å². The number of amidine groups is 1. The lowest BCUT2D eigenvalue weighted by Gasteiger charge is -2.23. The summed E-state index contributed by atoms with van der Waals surface area (Å²) in [7, 11) is 0. The maximum absolute atomic E-state index is 11.0. The van der Waals surface area contributed by atoms with Crippen LogP contribution in [-0.4, -0.2) is 45.5 Å². The summed E-state index contributed by atoms with van der Waals surface area (Å²) in [6.07, 6.45) is 2.54. The van der Waals surface area contributed by atoms with E-state index in [1.54, 1.807) is 0 Å². The smallest absolute Gasteiger partial charge is 0.258 e. The Balaban J connectivity index is 2.00. The molecule has 4 nitrogen and oxygen atoms in total. The van der Waals surface area contributed by atoms with Gasteiger partial charge in [0.05, 0.1) is 11.4 Å². The van der Waals surface area contributed by atoms with Crippen molar-refractivity contribution in [2.75, 3.05) is 18.8 Å². The molecule has 15 heavy (non-hydrogen) atoms. The highest BCUT2D eigenvalue weighted by Crippen LogP contribution is 2.25. The van der Waals surface area contributed by atoms with Crippen LogP contribution in [0.2, 0.25) is 0 Å². The molecular formula is C10H16N2O2S. The van der Waals surface area contributed by atoms with Gasteiger partial charge in [-0.3, -0.25) is 4.79 Å². The Morgan fingerprint density at radius 1 is 1.47 bits per heavy atom. The zero-order valence-corrected chi connectivity index (χ0v) is 9.72. The third kappa shape index (κ3) is 2.72. The summed E-state index contributed by atoms with van der Waals surface area (Å²) in [6, 6.07) is 0. The van der Waals surface area contributed by atoms with E-state index in [1.165, 1.54) is 11.8 Å². The summed E-state index contributed by atoms with van der Waals surface area (Å²) in [4.78, 5) is 17.1. The van der Waals surface area contributed by atoms with Crippen molar-refractivity contribution in [1.82, 2.24) is 4.90 Å². The first-order chi connectivity index (χ1) is 7.07. The Morgan fingerprint density at radius 3 is 2.93 bits per heavy atom. The third-order valence-electron chi connectivity index (χ3n) is 2.88. The number of thioether (sulfide) groups is 1. The molecule has 5 heteroatoms. The fourth-order valence-electron chi connectivity index (χ4n) is 1.91. The van der Waals surface area contributed by atoms with Crippen LogP contribution in [0, 0.1) is 0 Å². The molecule has 1 unspecified atom stereocenters. The largest absolute Gasteiger partial charge is 0.390 e. The number of hydrogen-bond acceptors (Lipinski definition) is 4. The lowest BCUT2D eigenvalue weighted by atomic mass is 9.98. The van der Waals surface area contributed by atoms with Crippen molar-refractivity contribution in [3.63, 3.8) is 0 Å². The highest BCUT2D eigenvalue weighted by atomic mass is 32.2. The number of likely N-dealkylation sites (tertiary alicyclic amines) is 1. The van der Waals surface area contributed by atoms with Crippen molar-refractivity contribution >= 4 is 22.8 Å². The standard InChI is InChI=1S/C10H16N2O2S/c1-10(14)3-2-5-12(6-4-10)9-11-8(13)7-15-9/h14H,2-7H2,1H3. The van der Waals surface area contributed by atoms with E-state index in [2.05, 4.69) is 9.89 Å². The Bertz CT molecular complexity index is 302. The SMILES string of the molecule is CC1(O)CCCN(C2=NC(=O)CS2)CC1. The normalized spacial score (nSPS) is 32.8. The zero-order chi connectivity index (χ0) is 10.9. The van der Waals surface area contributed by atoms with E-state index in [4.69, 9.17) is 0 Å². The molecule has 84 valence electrons. The van der Waals surface area contributed by atoms with Gasteiger partial charge in [-0.25, -0.2) is 0 Å². The molecule has 2 heterocycles. The van der Waals surface area contributed by atoms with E-state index in [-0.39, 0.29) is 5.91 Å². The van der Waals surface area contributed by atoms with Gasteiger partial charge in [-0.05, 0) is 26.2 Å². The molecule has 0 aromatic rings. The van der Waals surface area contributed by atoms with Gasteiger partial charge in [-0.1, -0.05) is 11.8 Å². The molecule has 0 aromatic carbocycles. The Hall–Kier alpha value is -0.550. The second-order valence-corrected chi connectivity index (χ2v) is 5.36. The summed E-state index contributed by atoms with van der Waals surface area (Å²) >= 11 is 1.51. The Kier molecular flexibility index (Phi) is 3.02. The van der Waals surface area contributed by atoms with Crippen LogP contribution < -0.4 is 0 Å². The van der Waals surface area contributed by atoms with Gasteiger partial charge in [0.15, 0.2) is 5.17 Å².